The van der Waals surface area contributed by atoms with E-state index in [9.17, 15) is 4.79 Å². The summed E-state index contributed by atoms with van der Waals surface area (Å²) in [5.74, 6) is 0.922. The average molecular weight is 250 g/mol. The van der Waals surface area contributed by atoms with Gasteiger partial charge in [-0.05, 0) is 19.4 Å². The number of hydrogen-bond donors (Lipinski definition) is 0. The number of benzene rings is 1. The summed E-state index contributed by atoms with van der Waals surface area (Å²) in [6.45, 7) is 10.6. The lowest BCUT2D eigenvalue weighted by atomic mass is 10.0. The van der Waals surface area contributed by atoms with Crippen LogP contribution in [-0.4, -0.2) is 16.3 Å². The highest BCUT2D eigenvalue weighted by Crippen LogP contribution is 2.23. The molecule has 1 nitrogen and oxygen atoms in total. The molecule has 0 radical (unpaired) electrons. The number of carbonyl (C=O) groups is 1. The van der Waals surface area contributed by atoms with Gasteiger partial charge in [-0.3, -0.25) is 4.79 Å². The van der Waals surface area contributed by atoms with Crippen LogP contribution in [0, 0.1) is 13.8 Å². The lowest BCUT2D eigenvalue weighted by Crippen LogP contribution is -2.14. The molecule has 0 aliphatic heterocycles. The minimum Gasteiger partial charge on any atom is -0.298 e. The Morgan fingerprint density at radius 2 is 1.65 bits per heavy atom. The van der Waals surface area contributed by atoms with Crippen LogP contribution >= 0.6 is 11.8 Å². The third-order valence-electron chi connectivity index (χ3n) is 2.35. The molecule has 0 saturated heterocycles. The zero-order valence-electron chi connectivity index (χ0n) is 11.5. The molecule has 94 valence electrons. The molecule has 0 aromatic heterocycles. The second kappa shape index (κ2) is 5.72. The zero-order valence-corrected chi connectivity index (χ0v) is 12.3. The highest BCUT2D eigenvalue weighted by atomic mass is 32.2. The molecule has 2 heteroatoms. The van der Waals surface area contributed by atoms with Crippen molar-refractivity contribution in [2.24, 2.45) is 0 Å². The van der Waals surface area contributed by atoms with E-state index < -0.39 is 0 Å². The number of thioether (sulfide) groups is 1. The van der Waals surface area contributed by atoms with Gasteiger partial charge in [0.25, 0.3) is 0 Å². The molecular weight excluding hydrogens is 228 g/mol. The summed E-state index contributed by atoms with van der Waals surface area (Å²) in [4.78, 5) is 11.9. The van der Waals surface area contributed by atoms with E-state index in [1.54, 1.807) is 11.8 Å². The Morgan fingerprint density at radius 1 is 1.12 bits per heavy atom. The van der Waals surface area contributed by atoms with E-state index in [-0.39, 0.29) is 4.75 Å². The minimum absolute atomic E-state index is 0.165. The van der Waals surface area contributed by atoms with Crippen LogP contribution < -0.4 is 0 Å². The maximum Gasteiger partial charge on any atom is 0.147 e. The number of ketones is 1. The summed E-state index contributed by atoms with van der Waals surface area (Å²) >= 11 is 1.72. The summed E-state index contributed by atoms with van der Waals surface area (Å²) in [5, 5.41) is 0. The summed E-state index contributed by atoms with van der Waals surface area (Å²) in [7, 11) is 0. The van der Waals surface area contributed by atoms with E-state index in [1.165, 1.54) is 11.1 Å². The molecule has 17 heavy (non-hydrogen) atoms. The van der Waals surface area contributed by atoms with Crippen molar-refractivity contribution in [3.63, 3.8) is 0 Å². The number of aryl methyl sites for hydroxylation is 2. The molecule has 0 saturated carbocycles. The van der Waals surface area contributed by atoms with E-state index in [4.69, 9.17) is 0 Å². The summed E-state index contributed by atoms with van der Waals surface area (Å²) in [5.41, 5.74) is 3.61. The number of rotatable bonds is 4. The average Bonchev–Trinajstić information content (AvgIpc) is 2.11. The smallest absolute Gasteiger partial charge is 0.147 e. The Kier molecular flexibility index (Phi) is 4.81. The van der Waals surface area contributed by atoms with Crippen molar-refractivity contribution in [3.05, 3.63) is 34.9 Å². The molecule has 0 heterocycles. The monoisotopic (exact) mass is 250 g/mol. The van der Waals surface area contributed by atoms with Gasteiger partial charge in [0.15, 0.2) is 0 Å². The topological polar surface area (TPSA) is 17.1 Å². The van der Waals surface area contributed by atoms with Gasteiger partial charge < -0.3 is 0 Å². The predicted molar refractivity (Wildman–Crippen MR) is 76.8 cm³/mol. The summed E-state index contributed by atoms with van der Waals surface area (Å²) in [6.07, 6.45) is 0.561. The number of hydrogen-bond acceptors (Lipinski definition) is 2. The minimum atomic E-state index is 0.165. The van der Waals surface area contributed by atoms with Crippen LogP contribution in [0.25, 0.3) is 0 Å². The maximum absolute atomic E-state index is 11.9. The van der Waals surface area contributed by atoms with Crippen LogP contribution in [0.1, 0.15) is 37.5 Å². The second-order valence-electron chi connectivity index (χ2n) is 5.61. The third-order valence-corrected chi connectivity index (χ3v) is 3.68. The fraction of sp³-hybridized carbons (Fsp3) is 0.533. The van der Waals surface area contributed by atoms with Gasteiger partial charge in [-0.1, -0.05) is 50.1 Å². The molecule has 0 bridgehead atoms. The van der Waals surface area contributed by atoms with Gasteiger partial charge in [0, 0.05) is 11.2 Å². The molecule has 0 amide bonds. The highest BCUT2D eigenvalue weighted by molar-refractivity contribution is 8.01. The van der Waals surface area contributed by atoms with Crippen molar-refractivity contribution in [1.29, 1.82) is 0 Å². The lowest BCUT2D eigenvalue weighted by Gasteiger charge is -2.16. The Hall–Kier alpha value is -0.760. The predicted octanol–water partition coefficient (Wildman–Crippen LogP) is 3.95. The van der Waals surface area contributed by atoms with Gasteiger partial charge in [0.05, 0.1) is 5.75 Å². The molecule has 0 spiro atoms. The van der Waals surface area contributed by atoms with E-state index in [0.29, 0.717) is 18.0 Å². The fourth-order valence-corrected chi connectivity index (χ4v) is 2.44. The van der Waals surface area contributed by atoms with E-state index >= 15 is 0 Å². The van der Waals surface area contributed by atoms with Gasteiger partial charge in [0.2, 0.25) is 0 Å². The zero-order chi connectivity index (χ0) is 13.1. The Labute approximate surface area is 109 Å². The second-order valence-corrected chi connectivity index (χ2v) is 7.41. The lowest BCUT2D eigenvalue weighted by molar-refractivity contribution is -0.116. The largest absolute Gasteiger partial charge is 0.298 e. The number of Topliss-reactive ketones (excluding diaryl/α,β-unsaturated/α-hetero) is 1. The van der Waals surface area contributed by atoms with Crippen LogP contribution in [0.2, 0.25) is 0 Å². The quantitative estimate of drug-likeness (QED) is 0.805. The molecule has 0 aliphatic rings. The van der Waals surface area contributed by atoms with Gasteiger partial charge in [-0.15, -0.1) is 11.8 Å². The van der Waals surface area contributed by atoms with Crippen molar-refractivity contribution >= 4 is 17.5 Å². The Balaban J connectivity index is 2.56. The first-order valence-corrected chi connectivity index (χ1v) is 6.98. The van der Waals surface area contributed by atoms with Crippen molar-refractivity contribution in [1.82, 2.24) is 0 Å². The Morgan fingerprint density at radius 3 is 2.12 bits per heavy atom. The van der Waals surface area contributed by atoms with Crippen molar-refractivity contribution in [2.45, 2.75) is 45.8 Å². The van der Waals surface area contributed by atoms with Crippen LogP contribution in [0.3, 0.4) is 0 Å². The first-order valence-electron chi connectivity index (χ1n) is 5.99. The number of carbonyl (C=O) groups excluding carboxylic acids is 1. The summed E-state index contributed by atoms with van der Waals surface area (Å²) in [6, 6.07) is 6.34. The fourth-order valence-electron chi connectivity index (χ4n) is 1.75. The van der Waals surface area contributed by atoms with Gasteiger partial charge in [-0.2, -0.15) is 0 Å². The van der Waals surface area contributed by atoms with Crippen LogP contribution in [0.4, 0.5) is 0 Å². The van der Waals surface area contributed by atoms with E-state index in [1.807, 2.05) is 0 Å². The molecule has 0 aliphatic carbocycles. The molecule has 1 aromatic carbocycles. The van der Waals surface area contributed by atoms with E-state index in [0.717, 1.165) is 5.56 Å². The van der Waals surface area contributed by atoms with Crippen LogP contribution in [0.15, 0.2) is 18.2 Å². The van der Waals surface area contributed by atoms with Crippen molar-refractivity contribution in [3.8, 4) is 0 Å². The summed E-state index contributed by atoms with van der Waals surface area (Å²) < 4.78 is 0.165. The molecule has 0 unspecified atom stereocenters. The third kappa shape index (κ3) is 5.92. The first kappa shape index (κ1) is 14.3. The molecule has 0 atom stereocenters. The molecule has 0 fully saturated rings. The van der Waals surface area contributed by atoms with Gasteiger partial charge in [0.1, 0.15) is 5.78 Å². The Bertz CT molecular complexity index is 382. The maximum atomic E-state index is 11.9. The van der Waals surface area contributed by atoms with Crippen molar-refractivity contribution in [2.75, 3.05) is 5.75 Å². The molecule has 1 rings (SSSR count). The molecule has 0 N–H and O–H groups in total. The molecular formula is C15H22OS. The van der Waals surface area contributed by atoms with Gasteiger partial charge >= 0.3 is 0 Å². The van der Waals surface area contributed by atoms with E-state index in [2.05, 4.69) is 52.8 Å². The van der Waals surface area contributed by atoms with Gasteiger partial charge in [-0.25, -0.2) is 0 Å². The van der Waals surface area contributed by atoms with Crippen molar-refractivity contribution < 1.29 is 4.79 Å². The highest BCUT2D eigenvalue weighted by Gasteiger charge is 2.13. The SMILES string of the molecule is Cc1cc(C)cc(CC(=O)CSC(C)(C)C)c1. The first-order chi connectivity index (χ1) is 7.76. The standard InChI is InChI=1S/C15H22OS/c1-11-6-12(2)8-13(7-11)9-14(16)10-17-15(3,4)5/h6-8H,9-10H2,1-5H3. The molecule has 1 aromatic rings. The van der Waals surface area contributed by atoms with Crippen LogP contribution in [0.5, 0.6) is 0 Å². The normalized spacial score (nSPS) is 11.6. The van der Waals surface area contributed by atoms with Crippen LogP contribution in [-0.2, 0) is 11.2 Å².